The van der Waals surface area contributed by atoms with Gasteiger partial charge >= 0.3 is 13.8 Å². The van der Waals surface area contributed by atoms with E-state index >= 15 is 0 Å². The highest BCUT2D eigenvalue weighted by molar-refractivity contribution is 7.47. The second-order valence-electron chi connectivity index (χ2n) is 14.0. The van der Waals surface area contributed by atoms with Gasteiger partial charge in [-0.2, -0.15) is 0 Å². The summed E-state index contributed by atoms with van der Waals surface area (Å²) in [6, 6.07) is 0. The van der Waals surface area contributed by atoms with Crippen LogP contribution in [0.1, 0.15) is 181 Å². The van der Waals surface area contributed by atoms with Crippen molar-refractivity contribution < 1.29 is 43.0 Å². The molecule has 0 rings (SSSR count). The molecule has 0 aromatic rings. The maximum Gasteiger partial charge on any atom is 0.472 e. The average molecular weight is 759 g/mol. The lowest BCUT2D eigenvalue weighted by Gasteiger charge is -2.20. The third kappa shape index (κ3) is 38.4. The summed E-state index contributed by atoms with van der Waals surface area (Å²) in [5.74, 6) is -0.402. The molecule has 0 fully saturated rings. The third-order valence-electron chi connectivity index (χ3n) is 8.83. The Labute approximate surface area is 318 Å². The fraction of sp³-hybridized carbons (Fsp3) is 0.833. The SMILES string of the molecule is CCCCC/C=C\C/C=C\C/C=C\CCCCCCC(=O)O[C@H](COCCCCCCCCCCCCCCCC)COP(=O)(O)OC[C@@H](O)CO. The highest BCUT2D eigenvalue weighted by Crippen LogP contribution is 2.43. The van der Waals surface area contributed by atoms with E-state index < -0.39 is 39.2 Å². The van der Waals surface area contributed by atoms with E-state index in [1.807, 2.05) is 0 Å². The largest absolute Gasteiger partial charge is 0.472 e. The molecule has 10 heteroatoms. The molecular formula is C42H79O9P. The van der Waals surface area contributed by atoms with E-state index in [0.29, 0.717) is 13.0 Å². The predicted octanol–water partition coefficient (Wildman–Crippen LogP) is 11.3. The number of phosphoric acid groups is 1. The van der Waals surface area contributed by atoms with E-state index in [0.717, 1.165) is 57.8 Å². The molecule has 0 aliphatic carbocycles. The van der Waals surface area contributed by atoms with Gasteiger partial charge in [0, 0.05) is 13.0 Å². The Hall–Kier alpha value is -1.32. The van der Waals surface area contributed by atoms with E-state index in [9.17, 15) is 19.4 Å². The molecule has 306 valence electrons. The molecule has 0 saturated carbocycles. The highest BCUT2D eigenvalue weighted by Gasteiger charge is 2.26. The first-order valence-electron chi connectivity index (χ1n) is 21.0. The standard InChI is InChI=1S/C42H79O9P/c1-3-5-7-9-11-13-15-17-19-20-21-22-24-26-28-30-32-34-42(45)51-41(39-50-52(46,47)49-37-40(44)36-43)38-48-35-33-31-29-27-25-23-18-16-14-12-10-8-6-4-2/h11,13,17,19,21-22,40-41,43-44H,3-10,12,14-16,18,20,23-39H2,1-2H3,(H,46,47)/b13-11-,19-17-,22-21-/t40-,41+/m0/s1. The first-order chi connectivity index (χ1) is 25.3. The predicted molar refractivity (Wildman–Crippen MR) is 214 cm³/mol. The van der Waals surface area contributed by atoms with Gasteiger partial charge in [0.05, 0.1) is 26.4 Å². The van der Waals surface area contributed by atoms with Crippen LogP contribution in [0.5, 0.6) is 0 Å². The Balaban J connectivity index is 4.23. The highest BCUT2D eigenvalue weighted by atomic mass is 31.2. The van der Waals surface area contributed by atoms with Gasteiger partial charge in [0.1, 0.15) is 12.2 Å². The van der Waals surface area contributed by atoms with Crippen molar-refractivity contribution in [1.82, 2.24) is 0 Å². The molecule has 52 heavy (non-hydrogen) atoms. The number of aliphatic hydroxyl groups is 2. The van der Waals surface area contributed by atoms with Crippen LogP contribution in [0.3, 0.4) is 0 Å². The Morgan fingerprint density at radius 3 is 1.60 bits per heavy atom. The van der Waals surface area contributed by atoms with E-state index in [1.165, 1.54) is 96.3 Å². The van der Waals surface area contributed by atoms with Crippen LogP contribution in [0.25, 0.3) is 0 Å². The lowest BCUT2D eigenvalue weighted by Crippen LogP contribution is -2.29. The van der Waals surface area contributed by atoms with Gasteiger partial charge in [-0.3, -0.25) is 13.8 Å². The minimum atomic E-state index is -4.52. The number of allylic oxidation sites excluding steroid dienone is 6. The van der Waals surface area contributed by atoms with Gasteiger partial charge in [0.2, 0.25) is 0 Å². The molecule has 3 atom stereocenters. The van der Waals surface area contributed by atoms with E-state index in [2.05, 4.69) is 50.3 Å². The topological polar surface area (TPSA) is 132 Å². The molecule has 0 bridgehead atoms. The Morgan fingerprint density at radius 1 is 0.596 bits per heavy atom. The zero-order valence-electron chi connectivity index (χ0n) is 33.3. The summed E-state index contributed by atoms with van der Waals surface area (Å²) >= 11 is 0. The molecule has 0 saturated heterocycles. The molecule has 0 aliphatic rings. The molecule has 0 aliphatic heterocycles. The number of rotatable bonds is 40. The van der Waals surface area contributed by atoms with Crippen molar-refractivity contribution in [2.24, 2.45) is 0 Å². The van der Waals surface area contributed by atoms with Gasteiger partial charge in [-0.05, 0) is 51.4 Å². The lowest BCUT2D eigenvalue weighted by atomic mass is 10.0. The van der Waals surface area contributed by atoms with Crippen molar-refractivity contribution in [2.75, 3.05) is 33.0 Å². The molecule has 9 nitrogen and oxygen atoms in total. The molecule has 0 radical (unpaired) electrons. The quantitative estimate of drug-likeness (QED) is 0.0242. The summed E-state index contributed by atoms with van der Waals surface area (Å²) in [5, 5.41) is 18.3. The molecule has 0 spiro atoms. The number of phosphoric ester groups is 1. The van der Waals surface area contributed by atoms with Gasteiger partial charge in [-0.25, -0.2) is 4.57 Å². The summed E-state index contributed by atoms with van der Waals surface area (Å²) in [7, 11) is -4.52. The van der Waals surface area contributed by atoms with Gasteiger partial charge < -0.3 is 24.6 Å². The fourth-order valence-electron chi connectivity index (χ4n) is 5.60. The molecule has 0 aromatic heterocycles. The van der Waals surface area contributed by atoms with Gasteiger partial charge in [0.15, 0.2) is 0 Å². The number of carbonyl (C=O) groups is 1. The Morgan fingerprint density at radius 2 is 1.04 bits per heavy atom. The molecule has 0 aromatic carbocycles. The number of hydrogen-bond acceptors (Lipinski definition) is 8. The summed E-state index contributed by atoms with van der Waals surface area (Å²) in [4.78, 5) is 22.5. The van der Waals surface area contributed by atoms with Crippen LogP contribution < -0.4 is 0 Å². The van der Waals surface area contributed by atoms with Crippen LogP contribution in [0, 0.1) is 0 Å². The number of aliphatic hydroxyl groups excluding tert-OH is 2. The number of hydrogen-bond donors (Lipinski definition) is 3. The smallest absolute Gasteiger partial charge is 0.457 e. The van der Waals surface area contributed by atoms with Crippen LogP contribution in [-0.4, -0.2) is 66.3 Å². The number of ether oxygens (including phenoxy) is 2. The van der Waals surface area contributed by atoms with Crippen molar-refractivity contribution in [3.63, 3.8) is 0 Å². The summed E-state index contributed by atoms with van der Waals surface area (Å²) in [5.41, 5.74) is 0. The summed E-state index contributed by atoms with van der Waals surface area (Å²) in [6.45, 7) is 3.47. The van der Waals surface area contributed by atoms with Crippen molar-refractivity contribution in [1.29, 1.82) is 0 Å². The van der Waals surface area contributed by atoms with Crippen LogP contribution in [0.2, 0.25) is 0 Å². The first-order valence-corrected chi connectivity index (χ1v) is 22.5. The number of carbonyl (C=O) groups excluding carboxylic acids is 1. The zero-order valence-corrected chi connectivity index (χ0v) is 34.2. The zero-order chi connectivity index (χ0) is 38.2. The maximum absolute atomic E-state index is 12.6. The molecule has 0 heterocycles. The van der Waals surface area contributed by atoms with Crippen LogP contribution in [0.15, 0.2) is 36.5 Å². The van der Waals surface area contributed by atoms with Crippen LogP contribution in [0.4, 0.5) is 0 Å². The maximum atomic E-state index is 12.6. The van der Waals surface area contributed by atoms with Crippen LogP contribution in [-0.2, 0) is 27.9 Å². The van der Waals surface area contributed by atoms with Crippen LogP contribution >= 0.6 is 7.82 Å². The van der Waals surface area contributed by atoms with Crippen molar-refractivity contribution in [3.8, 4) is 0 Å². The van der Waals surface area contributed by atoms with E-state index in [-0.39, 0.29) is 19.6 Å². The number of unbranched alkanes of at least 4 members (excludes halogenated alkanes) is 20. The number of esters is 1. The monoisotopic (exact) mass is 759 g/mol. The second-order valence-corrected chi connectivity index (χ2v) is 15.5. The molecule has 3 N–H and O–H groups in total. The first kappa shape index (κ1) is 50.7. The van der Waals surface area contributed by atoms with Crippen molar-refractivity contribution >= 4 is 13.8 Å². The minimum Gasteiger partial charge on any atom is -0.457 e. The van der Waals surface area contributed by atoms with Crippen molar-refractivity contribution in [2.45, 2.75) is 193 Å². The van der Waals surface area contributed by atoms with Gasteiger partial charge in [0.25, 0.3) is 0 Å². The second kappa shape index (κ2) is 39.4. The Kier molecular flexibility index (Phi) is 38.4. The molecule has 0 amide bonds. The van der Waals surface area contributed by atoms with E-state index in [1.54, 1.807) is 0 Å². The normalized spacial score (nSPS) is 14.5. The fourth-order valence-corrected chi connectivity index (χ4v) is 6.39. The van der Waals surface area contributed by atoms with Gasteiger partial charge in [-0.15, -0.1) is 0 Å². The van der Waals surface area contributed by atoms with Crippen molar-refractivity contribution in [3.05, 3.63) is 36.5 Å². The lowest BCUT2D eigenvalue weighted by molar-refractivity contribution is -0.154. The van der Waals surface area contributed by atoms with E-state index in [4.69, 9.17) is 23.6 Å². The summed E-state index contributed by atoms with van der Waals surface area (Å²) in [6.07, 6.45) is 40.9. The minimum absolute atomic E-state index is 0.0424. The Bertz CT molecular complexity index is 908. The average Bonchev–Trinajstić information content (AvgIpc) is 3.13. The molecule has 1 unspecified atom stereocenters. The van der Waals surface area contributed by atoms with Gasteiger partial charge in [-0.1, -0.05) is 159 Å². The summed E-state index contributed by atoms with van der Waals surface area (Å²) < 4.78 is 33.3. The molecular weight excluding hydrogens is 679 g/mol. The third-order valence-corrected chi connectivity index (χ3v) is 9.78.